The molecule has 206 valence electrons. The zero-order valence-electron chi connectivity index (χ0n) is 22.3. The van der Waals surface area contributed by atoms with Crippen molar-refractivity contribution >= 4 is 23.2 Å². The molecule has 1 aromatic carbocycles. The third-order valence-corrected chi connectivity index (χ3v) is 8.61. The Kier molecular flexibility index (Phi) is 7.06. The van der Waals surface area contributed by atoms with Gasteiger partial charge in [-0.3, -0.25) is 14.4 Å². The molecular formula is C28H31FN4O5S. The van der Waals surface area contributed by atoms with Gasteiger partial charge in [-0.2, -0.15) is 0 Å². The van der Waals surface area contributed by atoms with E-state index in [1.807, 2.05) is 13.8 Å². The third-order valence-electron chi connectivity index (χ3n) is 7.58. The van der Waals surface area contributed by atoms with Gasteiger partial charge in [0.05, 0.1) is 18.2 Å². The van der Waals surface area contributed by atoms with Gasteiger partial charge in [-0.15, -0.1) is 11.3 Å². The SMILES string of the molecule is CO[C@H]1CCN(C(=O)[C@@]2(C)CN(C(C)C)C(=O)c3c(O)c(=O)c(-c4ncc(Cc5ccc(F)cc5)s4)cn32)C1. The summed E-state index contributed by atoms with van der Waals surface area (Å²) in [6, 6.07) is 5.88. The molecule has 1 saturated heterocycles. The Bertz CT molecular complexity index is 1480. The lowest BCUT2D eigenvalue weighted by atomic mass is 9.92. The van der Waals surface area contributed by atoms with E-state index < -0.39 is 22.6 Å². The number of hydrogen-bond acceptors (Lipinski definition) is 7. The summed E-state index contributed by atoms with van der Waals surface area (Å²) < 4.78 is 20.2. The van der Waals surface area contributed by atoms with Crippen molar-refractivity contribution in [2.75, 3.05) is 26.7 Å². The molecule has 9 nitrogen and oxygen atoms in total. The monoisotopic (exact) mass is 554 g/mol. The lowest BCUT2D eigenvalue weighted by molar-refractivity contribution is -0.141. The molecule has 0 saturated carbocycles. The first-order chi connectivity index (χ1) is 18.5. The Morgan fingerprint density at radius 2 is 2.00 bits per heavy atom. The van der Waals surface area contributed by atoms with E-state index in [1.54, 1.807) is 37.3 Å². The topological polar surface area (TPSA) is 105 Å². The van der Waals surface area contributed by atoms with Crippen LogP contribution in [0.5, 0.6) is 5.75 Å². The van der Waals surface area contributed by atoms with E-state index in [4.69, 9.17) is 4.74 Å². The van der Waals surface area contributed by atoms with Gasteiger partial charge in [0.25, 0.3) is 5.91 Å². The fourth-order valence-electron chi connectivity index (χ4n) is 5.31. The van der Waals surface area contributed by atoms with Crippen molar-refractivity contribution in [2.24, 2.45) is 0 Å². The third kappa shape index (κ3) is 4.74. The van der Waals surface area contributed by atoms with Crippen LogP contribution in [0.3, 0.4) is 0 Å². The number of thiazole rings is 1. The highest BCUT2D eigenvalue weighted by Crippen LogP contribution is 2.36. The number of aromatic hydroxyl groups is 1. The molecule has 2 amide bonds. The number of nitrogens with zero attached hydrogens (tertiary/aromatic N) is 4. The molecule has 5 rings (SSSR count). The number of pyridine rings is 1. The van der Waals surface area contributed by atoms with Crippen LogP contribution in [0.25, 0.3) is 10.6 Å². The molecule has 0 aliphatic carbocycles. The summed E-state index contributed by atoms with van der Waals surface area (Å²) in [6.45, 7) is 6.41. The van der Waals surface area contributed by atoms with Crippen molar-refractivity contribution in [3.05, 3.63) is 68.8 Å². The molecule has 39 heavy (non-hydrogen) atoms. The molecule has 4 heterocycles. The molecule has 1 N–H and O–H groups in total. The first-order valence-corrected chi connectivity index (χ1v) is 13.7. The maximum absolute atomic E-state index is 14.0. The molecule has 1 fully saturated rings. The maximum Gasteiger partial charge on any atom is 0.274 e. The number of carbonyl (C=O) groups is 2. The summed E-state index contributed by atoms with van der Waals surface area (Å²) >= 11 is 1.27. The predicted octanol–water partition coefficient (Wildman–Crippen LogP) is 3.23. The molecule has 2 aliphatic heterocycles. The zero-order chi connectivity index (χ0) is 28.1. The lowest BCUT2D eigenvalue weighted by Gasteiger charge is -2.45. The number of amides is 2. The smallest absolute Gasteiger partial charge is 0.274 e. The fourth-order valence-corrected chi connectivity index (χ4v) is 6.27. The van der Waals surface area contributed by atoms with Gasteiger partial charge in [0, 0.05) is 49.9 Å². The quantitative estimate of drug-likeness (QED) is 0.502. The van der Waals surface area contributed by atoms with E-state index >= 15 is 0 Å². The second-order valence-electron chi connectivity index (χ2n) is 10.6. The molecule has 0 unspecified atom stereocenters. The van der Waals surface area contributed by atoms with E-state index in [1.165, 1.54) is 39.1 Å². The average Bonchev–Trinajstić information content (AvgIpc) is 3.58. The van der Waals surface area contributed by atoms with Gasteiger partial charge in [-0.25, -0.2) is 9.37 Å². The molecular weight excluding hydrogens is 523 g/mol. The fraction of sp³-hybridized carbons (Fsp3) is 0.429. The number of ether oxygens (including phenoxy) is 1. The van der Waals surface area contributed by atoms with Gasteiger partial charge in [0.2, 0.25) is 11.3 Å². The standard InChI is InChI=1S/C28H31FN4O5S/c1-16(2)32-15-28(3,27(37)31-10-9-19(13-31)38-4)33-14-21(23(34)24(35)22(33)26(32)36)25-30-12-20(39-25)11-17-5-7-18(29)8-6-17/h5-8,12,14,16,19,35H,9-11,13,15H2,1-4H3/t19-,28+/m0/s1. The first-order valence-electron chi connectivity index (χ1n) is 12.8. The molecule has 2 atom stereocenters. The molecule has 2 aromatic heterocycles. The number of rotatable bonds is 6. The van der Waals surface area contributed by atoms with Crippen molar-refractivity contribution in [1.29, 1.82) is 0 Å². The molecule has 11 heteroatoms. The highest BCUT2D eigenvalue weighted by molar-refractivity contribution is 7.15. The van der Waals surface area contributed by atoms with Crippen LogP contribution < -0.4 is 5.43 Å². The Hall–Kier alpha value is -3.57. The van der Waals surface area contributed by atoms with E-state index in [0.29, 0.717) is 30.9 Å². The number of methoxy groups -OCH3 is 1. The van der Waals surface area contributed by atoms with Crippen LogP contribution in [0.4, 0.5) is 4.39 Å². The van der Waals surface area contributed by atoms with Crippen LogP contribution in [0.2, 0.25) is 0 Å². The van der Waals surface area contributed by atoms with Crippen molar-refractivity contribution in [3.63, 3.8) is 0 Å². The van der Waals surface area contributed by atoms with Gasteiger partial charge >= 0.3 is 0 Å². The van der Waals surface area contributed by atoms with Crippen LogP contribution >= 0.6 is 11.3 Å². The summed E-state index contributed by atoms with van der Waals surface area (Å²) in [4.78, 5) is 49.3. The van der Waals surface area contributed by atoms with E-state index in [-0.39, 0.29) is 41.7 Å². The van der Waals surface area contributed by atoms with E-state index in [9.17, 15) is 23.9 Å². The van der Waals surface area contributed by atoms with E-state index in [0.717, 1.165) is 10.4 Å². The highest BCUT2D eigenvalue weighted by atomic mass is 32.1. The van der Waals surface area contributed by atoms with Crippen LogP contribution in [0.15, 0.2) is 41.5 Å². The summed E-state index contributed by atoms with van der Waals surface area (Å²) in [6.07, 6.45) is 4.24. The van der Waals surface area contributed by atoms with Crippen LogP contribution in [-0.4, -0.2) is 75.2 Å². The minimum atomic E-state index is -1.27. The predicted molar refractivity (Wildman–Crippen MR) is 144 cm³/mol. The van der Waals surface area contributed by atoms with Crippen molar-refractivity contribution in [2.45, 2.75) is 51.3 Å². The summed E-state index contributed by atoms with van der Waals surface area (Å²) in [5, 5.41) is 11.5. The van der Waals surface area contributed by atoms with Gasteiger partial charge in [-0.05, 0) is 44.9 Å². The first kappa shape index (κ1) is 27.0. The normalized spacial score (nSPS) is 21.1. The Morgan fingerprint density at radius 3 is 2.64 bits per heavy atom. The molecule has 0 radical (unpaired) electrons. The van der Waals surface area contributed by atoms with Crippen molar-refractivity contribution < 1.29 is 23.8 Å². The molecule has 0 spiro atoms. The van der Waals surface area contributed by atoms with Gasteiger partial charge in [0.1, 0.15) is 16.4 Å². The highest BCUT2D eigenvalue weighted by Gasteiger charge is 2.49. The second-order valence-corrected chi connectivity index (χ2v) is 11.7. The molecule has 0 bridgehead atoms. The minimum absolute atomic E-state index is 0.0729. The number of likely N-dealkylation sites (tertiary alicyclic amines) is 1. The summed E-state index contributed by atoms with van der Waals surface area (Å²) in [7, 11) is 1.61. The lowest BCUT2D eigenvalue weighted by Crippen LogP contribution is -2.61. The largest absolute Gasteiger partial charge is 0.503 e. The van der Waals surface area contributed by atoms with Crippen LogP contribution in [0.1, 0.15) is 48.1 Å². The van der Waals surface area contributed by atoms with Crippen LogP contribution in [-0.2, 0) is 21.5 Å². The summed E-state index contributed by atoms with van der Waals surface area (Å²) in [5.74, 6) is -1.75. The van der Waals surface area contributed by atoms with Crippen molar-refractivity contribution in [3.8, 4) is 16.3 Å². The van der Waals surface area contributed by atoms with Gasteiger partial charge < -0.3 is 24.2 Å². The zero-order valence-corrected chi connectivity index (χ0v) is 23.1. The Balaban J connectivity index is 1.59. The number of halogens is 1. The number of fused-ring (bicyclic) bond motifs is 1. The van der Waals surface area contributed by atoms with Gasteiger partial charge in [0.15, 0.2) is 11.4 Å². The maximum atomic E-state index is 14.0. The molecule has 3 aromatic rings. The summed E-state index contributed by atoms with van der Waals surface area (Å²) in [5.41, 5.74) is -1.21. The number of hydrogen-bond donors (Lipinski definition) is 1. The number of benzene rings is 1. The second kappa shape index (κ2) is 10.2. The van der Waals surface area contributed by atoms with Crippen LogP contribution in [0, 0.1) is 5.82 Å². The number of carbonyl (C=O) groups excluding carboxylic acids is 2. The Morgan fingerprint density at radius 1 is 1.28 bits per heavy atom. The Labute approximate surface area is 229 Å². The average molecular weight is 555 g/mol. The number of aromatic nitrogens is 2. The van der Waals surface area contributed by atoms with E-state index in [2.05, 4.69) is 4.98 Å². The minimum Gasteiger partial charge on any atom is -0.503 e. The van der Waals surface area contributed by atoms with Crippen molar-refractivity contribution in [1.82, 2.24) is 19.4 Å². The molecule has 2 aliphatic rings. The van der Waals surface area contributed by atoms with Gasteiger partial charge in [-0.1, -0.05) is 12.1 Å².